The number of hydrogen-bond donors (Lipinski definition) is 0. The predicted octanol–water partition coefficient (Wildman–Crippen LogP) is 2.93. The maximum atomic E-state index is 5.82. The number of aromatic nitrogens is 1. The summed E-state index contributed by atoms with van der Waals surface area (Å²) in [5, 5.41) is 0. The molecule has 3 nitrogen and oxygen atoms in total. The first-order valence-electron chi connectivity index (χ1n) is 6.02. The molecule has 0 amide bonds. The summed E-state index contributed by atoms with van der Waals surface area (Å²) in [6.07, 6.45) is 2.16. The number of halogens is 1. The van der Waals surface area contributed by atoms with Gasteiger partial charge in [-0.05, 0) is 37.3 Å². The van der Waals surface area contributed by atoms with Crippen LogP contribution in [0.25, 0.3) is 0 Å². The van der Waals surface area contributed by atoms with Gasteiger partial charge in [-0.2, -0.15) is 0 Å². The quantitative estimate of drug-likeness (QED) is 0.776. The Morgan fingerprint density at radius 1 is 1.41 bits per heavy atom. The van der Waals surface area contributed by atoms with Crippen LogP contribution in [0.2, 0.25) is 0 Å². The number of rotatable bonds is 4. The molecule has 0 bridgehead atoms. The largest absolute Gasteiger partial charge is 0.477 e. The van der Waals surface area contributed by atoms with Crippen LogP contribution in [-0.4, -0.2) is 24.8 Å². The van der Waals surface area contributed by atoms with Crippen molar-refractivity contribution in [3.63, 3.8) is 0 Å². The van der Waals surface area contributed by atoms with Crippen molar-refractivity contribution >= 4 is 11.6 Å². The fourth-order valence-corrected chi connectivity index (χ4v) is 2.13. The lowest BCUT2D eigenvalue weighted by atomic mass is 10.0. The van der Waals surface area contributed by atoms with Gasteiger partial charge in [0.15, 0.2) is 0 Å². The van der Waals surface area contributed by atoms with Gasteiger partial charge in [-0.1, -0.05) is 0 Å². The van der Waals surface area contributed by atoms with Gasteiger partial charge in [0.25, 0.3) is 0 Å². The third kappa shape index (κ3) is 3.86. The van der Waals surface area contributed by atoms with Crippen molar-refractivity contribution < 1.29 is 9.47 Å². The maximum Gasteiger partial charge on any atom is 0.213 e. The molecule has 0 atom stereocenters. The molecule has 0 unspecified atom stereocenters. The van der Waals surface area contributed by atoms with Crippen LogP contribution in [0, 0.1) is 12.8 Å². The zero-order chi connectivity index (χ0) is 12.1. The van der Waals surface area contributed by atoms with Crippen molar-refractivity contribution in [2.75, 3.05) is 19.8 Å². The summed E-state index contributed by atoms with van der Waals surface area (Å²) in [7, 11) is 0. The molecule has 1 aliphatic rings. The summed E-state index contributed by atoms with van der Waals surface area (Å²) >= 11 is 5.82. The zero-order valence-corrected chi connectivity index (χ0v) is 10.9. The maximum absolute atomic E-state index is 5.82. The van der Waals surface area contributed by atoms with Crippen molar-refractivity contribution in [3.8, 4) is 5.88 Å². The summed E-state index contributed by atoms with van der Waals surface area (Å²) in [6, 6.07) is 3.90. The van der Waals surface area contributed by atoms with Crippen LogP contribution in [0.1, 0.15) is 24.1 Å². The second-order valence-corrected chi connectivity index (χ2v) is 4.72. The molecule has 17 heavy (non-hydrogen) atoms. The number of hydrogen-bond acceptors (Lipinski definition) is 3. The minimum atomic E-state index is 0.497. The molecule has 2 rings (SSSR count). The van der Waals surface area contributed by atoms with Crippen LogP contribution >= 0.6 is 11.6 Å². The molecule has 0 aliphatic carbocycles. The first-order chi connectivity index (χ1) is 8.28. The fraction of sp³-hybridized carbons (Fsp3) is 0.615. The molecule has 1 aromatic heterocycles. The van der Waals surface area contributed by atoms with E-state index in [0.717, 1.165) is 43.9 Å². The molecule has 1 aliphatic heterocycles. The van der Waals surface area contributed by atoms with Gasteiger partial charge < -0.3 is 9.47 Å². The second kappa shape index (κ2) is 6.22. The summed E-state index contributed by atoms with van der Waals surface area (Å²) in [5.74, 6) is 1.77. The molecule has 2 heterocycles. The third-order valence-corrected chi connectivity index (χ3v) is 3.26. The molecular weight excluding hydrogens is 238 g/mol. The van der Waals surface area contributed by atoms with Crippen molar-refractivity contribution in [1.29, 1.82) is 0 Å². The monoisotopic (exact) mass is 255 g/mol. The van der Waals surface area contributed by atoms with Gasteiger partial charge >= 0.3 is 0 Å². The van der Waals surface area contributed by atoms with Crippen LogP contribution < -0.4 is 4.74 Å². The highest BCUT2D eigenvalue weighted by molar-refractivity contribution is 6.17. The topological polar surface area (TPSA) is 31.4 Å². The van der Waals surface area contributed by atoms with Crippen LogP contribution in [-0.2, 0) is 10.6 Å². The molecule has 1 fully saturated rings. The molecule has 0 spiro atoms. The number of pyridine rings is 1. The number of alkyl halides is 1. The van der Waals surface area contributed by atoms with E-state index in [4.69, 9.17) is 21.1 Å². The Morgan fingerprint density at radius 2 is 2.18 bits per heavy atom. The molecule has 1 saturated heterocycles. The second-order valence-electron chi connectivity index (χ2n) is 4.46. The molecule has 4 heteroatoms. The highest BCUT2D eigenvalue weighted by atomic mass is 35.5. The minimum Gasteiger partial charge on any atom is -0.477 e. The molecule has 0 radical (unpaired) electrons. The highest BCUT2D eigenvalue weighted by Crippen LogP contribution is 2.18. The standard InChI is InChI=1S/C13H18ClNO2/c1-10-6-12(8-14)7-13(15-10)17-9-11-2-4-16-5-3-11/h6-7,11H,2-5,8-9H2,1H3. The van der Waals surface area contributed by atoms with Crippen LogP contribution in [0.3, 0.4) is 0 Å². The molecule has 94 valence electrons. The van der Waals surface area contributed by atoms with Crippen molar-refractivity contribution in [3.05, 3.63) is 23.4 Å². The average molecular weight is 256 g/mol. The third-order valence-electron chi connectivity index (χ3n) is 2.95. The van der Waals surface area contributed by atoms with E-state index in [0.29, 0.717) is 17.7 Å². The van der Waals surface area contributed by atoms with E-state index in [-0.39, 0.29) is 0 Å². The Hall–Kier alpha value is -0.800. The van der Waals surface area contributed by atoms with E-state index < -0.39 is 0 Å². The first kappa shape index (κ1) is 12.7. The van der Waals surface area contributed by atoms with Crippen LogP contribution in [0.15, 0.2) is 12.1 Å². The van der Waals surface area contributed by atoms with Crippen LogP contribution in [0.5, 0.6) is 5.88 Å². The minimum absolute atomic E-state index is 0.497. The lowest BCUT2D eigenvalue weighted by Crippen LogP contribution is -2.21. The van der Waals surface area contributed by atoms with Crippen molar-refractivity contribution in [2.24, 2.45) is 5.92 Å². The predicted molar refractivity (Wildman–Crippen MR) is 67.6 cm³/mol. The Labute approximate surface area is 107 Å². The molecule has 0 N–H and O–H groups in total. The first-order valence-corrected chi connectivity index (χ1v) is 6.55. The molecule has 0 saturated carbocycles. The Bertz CT molecular complexity index is 364. The van der Waals surface area contributed by atoms with E-state index in [1.807, 2.05) is 19.1 Å². The number of nitrogens with zero attached hydrogens (tertiary/aromatic N) is 1. The Kier molecular flexibility index (Phi) is 4.63. The van der Waals surface area contributed by atoms with E-state index in [1.165, 1.54) is 0 Å². The zero-order valence-electron chi connectivity index (χ0n) is 10.1. The normalized spacial score (nSPS) is 17.1. The fourth-order valence-electron chi connectivity index (χ4n) is 1.97. The van der Waals surface area contributed by atoms with Crippen molar-refractivity contribution in [2.45, 2.75) is 25.6 Å². The van der Waals surface area contributed by atoms with E-state index in [2.05, 4.69) is 4.98 Å². The molecule has 0 aromatic carbocycles. The average Bonchev–Trinajstić information content (AvgIpc) is 2.37. The molecular formula is C13H18ClNO2. The van der Waals surface area contributed by atoms with Gasteiger partial charge in [0.05, 0.1) is 6.61 Å². The van der Waals surface area contributed by atoms with Crippen molar-refractivity contribution in [1.82, 2.24) is 4.98 Å². The lowest BCUT2D eigenvalue weighted by molar-refractivity contribution is 0.0490. The van der Waals surface area contributed by atoms with E-state index in [1.54, 1.807) is 0 Å². The summed E-state index contributed by atoms with van der Waals surface area (Å²) in [5.41, 5.74) is 2.01. The highest BCUT2D eigenvalue weighted by Gasteiger charge is 2.14. The van der Waals surface area contributed by atoms with Gasteiger partial charge in [0, 0.05) is 30.9 Å². The Morgan fingerprint density at radius 3 is 2.88 bits per heavy atom. The smallest absolute Gasteiger partial charge is 0.213 e. The van der Waals surface area contributed by atoms with Gasteiger partial charge in [0.1, 0.15) is 0 Å². The van der Waals surface area contributed by atoms with Gasteiger partial charge in [-0.25, -0.2) is 4.98 Å². The van der Waals surface area contributed by atoms with Gasteiger partial charge in [-0.15, -0.1) is 11.6 Å². The Balaban J connectivity index is 1.91. The van der Waals surface area contributed by atoms with E-state index >= 15 is 0 Å². The van der Waals surface area contributed by atoms with Crippen LogP contribution in [0.4, 0.5) is 0 Å². The summed E-state index contributed by atoms with van der Waals surface area (Å²) < 4.78 is 11.1. The van der Waals surface area contributed by atoms with Gasteiger partial charge in [-0.3, -0.25) is 0 Å². The number of ether oxygens (including phenoxy) is 2. The molecule has 1 aromatic rings. The summed E-state index contributed by atoms with van der Waals surface area (Å²) in [4.78, 5) is 4.35. The lowest BCUT2D eigenvalue weighted by Gasteiger charge is -2.21. The SMILES string of the molecule is Cc1cc(CCl)cc(OCC2CCOCC2)n1. The number of aryl methyl sites for hydroxylation is 1. The van der Waals surface area contributed by atoms with Gasteiger partial charge in [0.2, 0.25) is 5.88 Å². The van der Waals surface area contributed by atoms with E-state index in [9.17, 15) is 0 Å². The summed E-state index contributed by atoms with van der Waals surface area (Å²) in [6.45, 7) is 4.38.